The van der Waals surface area contributed by atoms with Gasteiger partial charge in [0, 0.05) is 17.9 Å². The summed E-state index contributed by atoms with van der Waals surface area (Å²) in [7, 11) is 0. The molecule has 0 bridgehead atoms. The van der Waals surface area contributed by atoms with Crippen LogP contribution in [0.4, 0.5) is 15.8 Å². The summed E-state index contributed by atoms with van der Waals surface area (Å²) >= 11 is 0. The zero-order chi connectivity index (χ0) is 13.1. The van der Waals surface area contributed by atoms with Gasteiger partial charge in [0.1, 0.15) is 5.82 Å². The van der Waals surface area contributed by atoms with Crippen LogP contribution in [0, 0.1) is 19.7 Å². The molecule has 0 saturated carbocycles. The maximum absolute atomic E-state index is 13.1. The Balaban J connectivity index is 2.40. The first kappa shape index (κ1) is 12.6. The smallest absolute Gasteiger partial charge is 0.123 e. The number of anilines is 2. The van der Waals surface area contributed by atoms with Crippen LogP contribution in [0.25, 0.3) is 0 Å². The zero-order valence-corrected chi connectivity index (χ0v) is 10.6. The second-order valence-electron chi connectivity index (χ2n) is 4.40. The molecule has 0 aliphatic heterocycles. The van der Waals surface area contributed by atoms with Gasteiger partial charge in [-0.3, -0.25) is 0 Å². The van der Waals surface area contributed by atoms with Gasteiger partial charge in [0.05, 0.1) is 0 Å². The van der Waals surface area contributed by atoms with Gasteiger partial charge in [0.25, 0.3) is 0 Å². The Kier molecular flexibility index (Phi) is 3.63. The largest absolute Gasteiger partial charge is 0.355 e. The molecule has 3 heteroatoms. The lowest BCUT2D eigenvalue weighted by Gasteiger charge is -2.15. The van der Waals surface area contributed by atoms with E-state index in [1.807, 2.05) is 32.0 Å². The van der Waals surface area contributed by atoms with E-state index in [1.165, 1.54) is 12.1 Å². The highest BCUT2D eigenvalue weighted by Gasteiger charge is 2.06. The summed E-state index contributed by atoms with van der Waals surface area (Å²) in [6.07, 6.45) is 0. The van der Waals surface area contributed by atoms with Crippen LogP contribution >= 0.6 is 0 Å². The third-order valence-electron chi connectivity index (χ3n) is 3.03. The predicted molar refractivity (Wildman–Crippen MR) is 73.5 cm³/mol. The second kappa shape index (κ2) is 5.19. The number of para-hydroxylation sites is 1. The third kappa shape index (κ3) is 2.51. The van der Waals surface area contributed by atoms with Crippen molar-refractivity contribution in [3.63, 3.8) is 0 Å². The van der Waals surface area contributed by atoms with Crippen LogP contribution < -0.4 is 11.1 Å². The topological polar surface area (TPSA) is 38.0 Å². The Morgan fingerprint density at radius 2 is 1.78 bits per heavy atom. The summed E-state index contributed by atoms with van der Waals surface area (Å²) in [6.45, 7) is 4.40. The molecule has 94 valence electrons. The van der Waals surface area contributed by atoms with Crippen molar-refractivity contribution in [2.75, 3.05) is 5.32 Å². The van der Waals surface area contributed by atoms with Crippen molar-refractivity contribution in [2.45, 2.75) is 20.4 Å². The standard InChI is InChI=1S/C15H17FN2/c1-10-4-3-5-11(2)15(10)18-14-7-6-13(16)8-12(14)9-17/h3-8,18H,9,17H2,1-2H3. The van der Waals surface area contributed by atoms with E-state index in [0.717, 1.165) is 28.1 Å². The molecule has 0 radical (unpaired) electrons. The number of nitrogens with two attached hydrogens (primary N) is 1. The third-order valence-corrected chi connectivity index (χ3v) is 3.03. The number of rotatable bonds is 3. The molecule has 18 heavy (non-hydrogen) atoms. The van der Waals surface area contributed by atoms with Crippen LogP contribution in [0.1, 0.15) is 16.7 Å². The number of hydrogen-bond acceptors (Lipinski definition) is 2. The number of aryl methyl sites for hydroxylation is 2. The van der Waals surface area contributed by atoms with E-state index in [-0.39, 0.29) is 5.82 Å². The molecule has 0 atom stereocenters. The maximum atomic E-state index is 13.1. The molecule has 0 spiro atoms. The lowest BCUT2D eigenvalue weighted by molar-refractivity contribution is 0.626. The molecule has 2 aromatic carbocycles. The van der Waals surface area contributed by atoms with Gasteiger partial charge in [-0.1, -0.05) is 18.2 Å². The number of nitrogens with one attached hydrogen (secondary N) is 1. The van der Waals surface area contributed by atoms with Crippen LogP contribution in [0.2, 0.25) is 0 Å². The monoisotopic (exact) mass is 244 g/mol. The molecule has 2 rings (SSSR count). The number of hydrogen-bond donors (Lipinski definition) is 2. The van der Waals surface area contributed by atoms with Crippen molar-refractivity contribution >= 4 is 11.4 Å². The first-order valence-corrected chi connectivity index (χ1v) is 5.93. The highest BCUT2D eigenvalue weighted by Crippen LogP contribution is 2.26. The van der Waals surface area contributed by atoms with E-state index >= 15 is 0 Å². The quantitative estimate of drug-likeness (QED) is 0.865. The average Bonchev–Trinajstić information content (AvgIpc) is 2.35. The highest BCUT2D eigenvalue weighted by molar-refractivity contribution is 5.68. The van der Waals surface area contributed by atoms with Gasteiger partial charge in [0.15, 0.2) is 0 Å². The van der Waals surface area contributed by atoms with E-state index in [2.05, 4.69) is 5.32 Å². The van der Waals surface area contributed by atoms with Gasteiger partial charge in [-0.15, -0.1) is 0 Å². The van der Waals surface area contributed by atoms with Crippen molar-refractivity contribution in [3.05, 3.63) is 58.9 Å². The van der Waals surface area contributed by atoms with Crippen molar-refractivity contribution < 1.29 is 4.39 Å². The molecule has 0 saturated heterocycles. The van der Waals surface area contributed by atoms with Crippen LogP contribution in [0.5, 0.6) is 0 Å². The van der Waals surface area contributed by atoms with E-state index in [9.17, 15) is 4.39 Å². The molecule has 2 nitrogen and oxygen atoms in total. The molecular formula is C15H17FN2. The van der Waals surface area contributed by atoms with Crippen LogP contribution in [-0.4, -0.2) is 0 Å². The van der Waals surface area contributed by atoms with Gasteiger partial charge in [-0.05, 0) is 48.7 Å². The Morgan fingerprint density at radius 1 is 1.11 bits per heavy atom. The summed E-state index contributed by atoms with van der Waals surface area (Å²) in [5, 5.41) is 3.34. The second-order valence-corrected chi connectivity index (χ2v) is 4.40. The van der Waals surface area contributed by atoms with Gasteiger partial charge in [0.2, 0.25) is 0 Å². The fraction of sp³-hybridized carbons (Fsp3) is 0.200. The molecule has 0 amide bonds. The molecule has 0 heterocycles. The van der Waals surface area contributed by atoms with Gasteiger partial charge in [-0.25, -0.2) is 4.39 Å². The molecule has 0 aliphatic carbocycles. The van der Waals surface area contributed by atoms with Crippen molar-refractivity contribution in [2.24, 2.45) is 5.73 Å². The molecule has 0 aliphatic rings. The zero-order valence-electron chi connectivity index (χ0n) is 10.6. The fourth-order valence-electron chi connectivity index (χ4n) is 2.00. The lowest BCUT2D eigenvalue weighted by atomic mass is 10.1. The molecule has 0 unspecified atom stereocenters. The summed E-state index contributed by atoms with van der Waals surface area (Å²) in [4.78, 5) is 0. The molecule has 0 aromatic heterocycles. The van der Waals surface area contributed by atoms with E-state index in [1.54, 1.807) is 6.07 Å². The van der Waals surface area contributed by atoms with Crippen molar-refractivity contribution in [1.29, 1.82) is 0 Å². The lowest BCUT2D eigenvalue weighted by Crippen LogP contribution is -2.04. The molecule has 3 N–H and O–H groups in total. The molecule has 0 fully saturated rings. The Labute approximate surface area is 107 Å². The number of halogens is 1. The highest BCUT2D eigenvalue weighted by atomic mass is 19.1. The van der Waals surface area contributed by atoms with E-state index in [4.69, 9.17) is 5.73 Å². The molecule has 2 aromatic rings. The van der Waals surface area contributed by atoms with Gasteiger partial charge in [-0.2, -0.15) is 0 Å². The summed E-state index contributed by atoms with van der Waals surface area (Å²) in [5.74, 6) is -0.262. The van der Waals surface area contributed by atoms with Crippen molar-refractivity contribution in [1.82, 2.24) is 0 Å². The molecular weight excluding hydrogens is 227 g/mol. The van der Waals surface area contributed by atoms with Crippen LogP contribution in [0.15, 0.2) is 36.4 Å². The fourth-order valence-corrected chi connectivity index (χ4v) is 2.00. The van der Waals surface area contributed by atoms with E-state index < -0.39 is 0 Å². The Bertz CT molecular complexity index is 544. The van der Waals surface area contributed by atoms with Gasteiger partial charge >= 0.3 is 0 Å². The first-order chi connectivity index (χ1) is 8.61. The van der Waals surface area contributed by atoms with Gasteiger partial charge < -0.3 is 11.1 Å². The van der Waals surface area contributed by atoms with E-state index in [0.29, 0.717) is 6.54 Å². The van der Waals surface area contributed by atoms with Crippen molar-refractivity contribution in [3.8, 4) is 0 Å². The first-order valence-electron chi connectivity index (χ1n) is 5.93. The Hall–Kier alpha value is -1.87. The maximum Gasteiger partial charge on any atom is 0.123 e. The summed E-state index contributed by atoms with van der Waals surface area (Å²) < 4.78 is 13.1. The minimum absolute atomic E-state index is 0.262. The predicted octanol–water partition coefficient (Wildman–Crippen LogP) is 3.64. The number of benzene rings is 2. The minimum atomic E-state index is -0.262. The van der Waals surface area contributed by atoms with Crippen LogP contribution in [0.3, 0.4) is 0 Å². The van der Waals surface area contributed by atoms with Crippen LogP contribution in [-0.2, 0) is 6.54 Å². The SMILES string of the molecule is Cc1cccc(C)c1Nc1ccc(F)cc1CN. The normalized spacial score (nSPS) is 10.4. The summed E-state index contributed by atoms with van der Waals surface area (Å²) in [5.41, 5.74) is 10.6. The summed E-state index contributed by atoms with van der Waals surface area (Å²) in [6, 6.07) is 10.7. The Morgan fingerprint density at radius 3 is 2.39 bits per heavy atom. The average molecular weight is 244 g/mol. The minimum Gasteiger partial charge on any atom is -0.355 e.